The van der Waals surface area contributed by atoms with Crippen LogP contribution < -0.4 is 10.6 Å². The lowest BCUT2D eigenvalue weighted by atomic mass is 10.1. The fraction of sp³-hybridized carbons (Fsp3) is 0.600. The van der Waals surface area contributed by atoms with E-state index in [0.717, 1.165) is 17.1 Å². The van der Waals surface area contributed by atoms with Gasteiger partial charge < -0.3 is 10.6 Å². The summed E-state index contributed by atoms with van der Waals surface area (Å²) in [6, 6.07) is 7.41. The van der Waals surface area contributed by atoms with Crippen LogP contribution in [0.15, 0.2) is 22.7 Å². The van der Waals surface area contributed by atoms with Crippen molar-refractivity contribution >= 4 is 21.6 Å². The SMILES string of the molecule is CC(C)CN(c1ccc(C(C)N)c(Br)c1)C1CC1. The zero-order chi connectivity index (χ0) is 13.3. The number of benzene rings is 1. The summed E-state index contributed by atoms with van der Waals surface area (Å²) in [6.07, 6.45) is 2.67. The summed E-state index contributed by atoms with van der Waals surface area (Å²) in [5, 5.41) is 0. The molecule has 0 aromatic heterocycles. The Labute approximate surface area is 119 Å². The van der Waals surface area contributed by atoms with E-state index in [-0.39, 0.29) is 6.04 Å². The molecular formula is C15H23BrN2. The maximum Gasteiger partial charge on any atom is 0.0380 e. The van der Waals surface area contributed by atoms with Crippen molar-refractivity contribution in [3.8, 4) is 0 Å². The monoisotopic (exact) mass is 310 g/mol. The third kappa shape index (κ3) is 3.27. The van der Waals surface area contributed by atoms with Crippen LogP contribution in [0.3, 0.4) is 0 Å². The maximum absolute atomic E-state index is 5.95. The number of hydrogen-bond acceptors (Lipinski definition) is 2. The summed E-state index contributed by atoms with van der Waals surface area (Å²) < 4.78 is 1.13. The zero-order valence-electron chi connectivity index (χ0n) is 11.5. The van der Waals surface area contributed by atoms with Crippen LogP contribution in [0, 0.1) is 5.92 Å². The van der Waals surface area contributed by atoms with Crippen molar-refractivity contribution in [2.45, 2.75) is 45.7 Å². The summed E-state index contributed by atoms with van der Waals surface area (Å²) in [4.78, 5) is 2.54. The molecular weight excluding hydrogens is 288 g/mol. The molecule has 0 amide bonds. The van der Waals surface area contributed by atoms with Crippen molar-refractivity contribution in [2.24, 2.45) is 11.7 Å². The molecule has 2 N–H and O–H groups in total. The molecule has 2 nitrogen and oxygen atoms in total. The molecule has 100 valence electrons. The molecule has 1 aromatic rings. The average molecular weight is 311 g/mol. The quantitative estimate of drug-likeness (QED) is 0.887. The first kappa shape index (κ1) is 13.9. The lowest BCUT2D eigenvalue weighted by Crippen LogP contribution is -2.29. The minimum absolute atomic E-state index is 0.0768. The van der Waals surface area contributed by atoms with E-state index in [1.807, 2.05) is 6.92 Å². The van der Waals surface area contributed by atoms with Gasteiger partial charge in [-0.1, -0.05) is 35.8 Å². The minimum Gasteiger partial charge on any atom is -0.368 e. The van der Waals surface area contributed by atoms with E-state index in [1.165, 1.54) is 24.1 Å². The second-order valence-electron chi connectivity index (χ2n) is 5.77. The van der Waals surface area contributed by atoms with Gasteiger partial charge in [0, 0.05) is 28.8 Å². The Morgan fingerprint density at radius 3 is 2.44 bits per heavy atom. The number of halogens is 1. The van der Waals surface area contributed by atoms with E-state index in [0.29, 0.717) is 5.92 Å². The van der Waals surface area contributed by atoms with E-state index < -0.39 is 0 Å². The fourth-order valence-electron chi connectivity index (χ4n) is 2.31. The van der Waals surface area contributed by atoms with Gasteiger partial charge >= 0.3 is 0 Å². The van der Waals surface area contributed by atoms with E-state index in [2.05, 4.69) is 52.9 Å². The van der Waals surface area contributed by atoms with Crippen LogP contribution in [0.5, 0.6) is 0 Å². The highest BCUT2D eigenvalue weighted by Gasteiger charge is 2.29. The highest BCUT2D eigenvalue weighted by atomic mass is 79.9. The normalized spacial score (nSPS) is 17.0. The van der Waals surface area contributed by atoms with Crippen LogP contribution in [0.4, 0.5) is 5.69 Å². The van der Waals surface area contributed by atoms with Crippen molar-refractivity contribution in [3.63, 3.8) is 0 Å². The van der Waals surface area contributed by atoms with Crippen LogP contribution in [0.2, 0.25) is 0 Å². The Hall–Kier alpha value is -0.540. The molecule has 0 spiro atoms. The molecule has 2 rings (SSSR count). The molecule has 0 aliphatic heterocycles. The van der Waals surface area contributed by atoms with Crippen LogP contribution in [-0.4, -0.2) is 12.6 Å². The summed E-state index contributed by atoms with van der Waals surface area (Å²) in [5.41, 5.74) is 8.45. The van der Waals surface area contributed by atoms with Gasteiger partial charge in [-0.25, -0.2) is 0 Å². The number of nitrogens with two attached hydrogens (primary N) is 1. The second-order valence-corrected chi connectivity index (χ2v) is 6.63. The highest BCUT2D eigenvalue weighted by molar-refractivity contribution is 9.10. The van der Waals surface area contributed by atoms with E-state index in [9.17, 15) is 0 Å². The van der Waals surface area contributed by atoms with Crippen molar-refractivity contribution in [1.82, 2.24) is 0 Å². The maximum atomic E-state index is 5.95. The van der Waals surface area contributed by atoms with Gasteiger partial charge in [0.2, 0.25) is 0 Å². The smallest absolute Gasteiger partial charge is 0.0380 e. The lowest BCUT2D eigenvalue weighted by molar-refractivity contribution is 0.607. The molecule has 0 saturated heterocycles. The van der Waals surface area contributed by atoms with Gasteiger partial charge in [0.25, 0.3) is 0 Å². The minimum atomic E-state index is 0.0768. The molecule has 0 heterocycles. The number of hydrogen-bond donors (Lipinski definition) is 1. The Kier molecular flexibility index (Phi) is 4.33. The van der Waals surface area contributed by atoms with Crippen LogP contribution in [0.1, 0.15) is 45.2 Å². The van der Waals surface area contributed by atoms with Crippen LogP contribution in [0.25, 0.3) is 0 Å². The standard InChI is InChI=1S/C15H23BrN2/c1-10(2)9-18(12-4-5-12)13-6-7-14(11(3)17)15(16)8-13/h6-8,10-12H,4-5,9,17H2,1-3H3. The zero-order valence-corrected chi connectivity index (χ0v) is 13.1. The van der Waals surface area contributed by atoms with Gasteiger partial charge in [-0.2, -0.15) is 0 Å². The second kappa shape index (κ2) is 5.62. The van der Waals surface area contributed by atoms with Gasteiger partial charge in [-0.15, -0.1) is 0 Å². The van der Waals surface area contributed by atoms with Crippen LogP contribution >= 0.6 is 15.9 Å². The molecule has 1 unspecified atom stereocenters. The Balaban J connectivity index is 2.22. The number of rotatable bonds is 5. The largest absolute Gasteiger partial charge is 0.368 e. The van der Waals surface area contributed by atoms with Gasteiger partial charge in [0.15, 0.2) is 0 Å². The molecule has 1 aliphatic carbocycles. The van der Waals surface area contributed by atoms with E-state index >= 15 is 0 Å². The fourth-order valence-corrected chi connectivity index (χ4v) is 3.04. The Morgan fingerprint density at radius 1 is 1.33 bits per heavy atom. The number of nitrogens with zero attached hydrogens (tertiary/aromatic N) is 1. The molecule has 1 aliphatic rings. The Morgan fingerprint density at radius 2 is 2.00 bits per heavy atom. The van der Waals surface area contributed by atoms with Gasteiger partial charge in [-0.05, 0) is 43.4 Å². The molecule has 1 atom stereocenters. The highest BCUT2D eigenvalue weighted by Crippen LogP contribution is 2.35. The van der Waals surface area contributed by atoms with Crippen molar-refractivity contribution in [1.29, 1.82) is 0 Å². The molecule has 0 bridgehead atoms. The van der Waals surface area contributed by atoms with Gasteiger partial charge in [0.05, 0.1) is 0 Å². The van der Waals surface area contributed by atoms with Crippen LogP contribution in [-0.2, 0) is 0 Å². The molecule has 1 aromatic carbocycles. The lowest BCUT2D eigenvalue weighted by Gasteiger charge is -2.27. The average Bonchev–Trinajstić information content (AvgIpc) is 3.08. The predicted molar refractivity (Wildman–Crippen MR) is 82.0 cm³/mol. The third-order valence-electron chi connectivity index (χ3n) is 3.36. The summed E-state index contributed by atoms with van der Waals surface area (Å²) in [6.45, 7) is 7.71. The first-order chi connectivity index (χ1) is 8.49. The van der Waals surface area contributed by atoms with Crippen molar-refractivity contribution < 1.29 is 0 Å². The molecule has 1 fully saturated rings. The summed E-state index contributed by atoms with van der Waals surface area (Å²) in [7, 11) is 0. The molecule has 18 heavy (non-hydrogen) atoms. The van der Waals surface area contributed by atoms with Gasteiger partial charge in [0.1, 0.15) is 0 Å². The Bertz CT molecular complexity index is 411. The van der Waals surface area contributed by atoms with Crippen molar-refractivity contribution in [3.05, 3.63) is 28.2 Å². The molecule has 0 radical (unpaired) electrons. The first-order valence-electron chi connectivity index (χ1n) is 6.80. The van der Waals surface area contributed by atoms with Gasteiger partial charge in [-0.3, -0.25) is 0 Å². The van der Waals surface area contributed by atoms with Crippen molar-refractivity contribution in [2.75, 3.05) is 11.4 Å². The molecule has 3 heteroatoms. The number of anilines is 1. The summed E-state index contributed by atoms with van der Waals surface area (Å²) >= 11 is 3.65. The van der Waals surface area contributed by atoms with E-state index in [4.69, 9.17) is 5.73 Å². The van der Waals surface area contributed by atoms with E-state index in [1.54, 1.807) is 0 Å². The topological polar surface area (TPSA) is 29.3 Å². The third-order valence-corrected chi connectivity index (χ3v) is 4.04. The first-order valence-corrected chi connectivity index (χ1v) is 7.60. The summed E-state index contributed by atoms with van der Waals surface area (Å²) in [5.74, 6) is 0.692. The molecule has 1 saturated carbocycles. The predicted octanol–water partition coefficient (Wildman–Crippen LogP) is 4.09.